The van der Waals surface area contributed by atoms with Crippen molar-refractivity contribution < 1.29 is 4.79 Å². The molecule has 3 aromatic rings. The quantitative estimate of drug-likeness (QED) is 0.691. The summed E-state index contributed by atoms with van der Waals surface area (Å²) in [6, 6.07) is 11.0. The maximum absolute atomic E-state index is 13.1. The van der Waals surface area contributed by atoms with Crippen LogP contribution in [0.25, 0.3) is 0 Å². The maximum Gasteiger partial charge on any atom is 0.255 e. The normalized spacial score (nSPS) is 16.0. The Morgan fingerprint density at radius 3 is 2.81 bits per heavy atom. The van der Waals surface area contributed by atoms with Crippen LogP contribution in [0, 0.1) is 0 Å². The third-order valence-electron chi connectivity index (χ3n) is 4.14. The fourth-order valence-corrected chi connectivity index (χ4v) is 3.24. The van der Waals surface area contributed by atoms with Gasteiger partial charge in [-0.05, 0) is 36.8 Å². The van der Waals surface area contributed by atoms with Crippen molar-refractivity contribution in [1.29, 1.82) is 0 Å². The van der Waals surface area contributed by atoms with Gasteiger partial charge in [-0.25, -0.2) is 4.68 Å². The van der Waals surface area contributed by atoms with E-state index in [2.05, 4.69) is 41.6 Å². The van der Waals surface area contributed by atoms with Crippen LogP contribution >= 0.6 is 15.9 Å². The Bertz CT molecular complexity index is 980. The number of aromatic nitrogens is 4. The lowest BCUT2D eigenvalue weighted by atomic mass is 9.95. The molecular formula is C18H15BrN6O. The van der Waals surface area contributed by atoms with Crippen LogP contribution in [0.3, 0.4) is 0 Å². The van der Waals surface area contributed by atoms with Crippen molar-refractivity contribution in [2.45, 2.75) is 13.0 Å². The van der Waals surface area contributed by atoms with Gasteiger partial charge in [-0.15, -0.1) is 0 Å². The van der Waals surface area contributed by atoms with Gasteiger partial charge in [0, 0.05) is 16.4 Å². The Labute approximate surface area is 158 Å². The van der Waals surface area contributed by atoms with E-state index in [4.69, 9.17) is 0 Å². The van der Waals surface area contributed by atoms with Crippen molar-refractivity contribution in [3.8, 4) is 0 Å². The van der Waals surface area contributed by atoms with Crippen LogP contribution in [0.1, 0.15) is 18.5 Å². The van der Waals surface area contributed by atoms with Gasteiger partial charge in [-0.1, -0.05) is 28.1 Å². The summed E-state index contributed by atoms with van der Waals surface area (Å²) in [5, 5.41) is 10.4. The van der Waals surface area contributed by atoms with Crippen LogP contribution in [0.4, 0.5) is 11.6 Å². The molecule has 0 spiro atoms. The van der Waals surface area contributed by atoms with Gasteiger partial charge in [-0.2, -0.15) is 10.1 Å². The average molecular weight is 411 g/mol. The number of nitrogens with zero attached hydrogens (tertiary/aromatic N) is 4. The lowest BCUT2D eigenvalue weighted by molar-refractivity contribution is -0.113. The number of allylic oxidation sites excluding steroid dienone is 1. The lowest BCUT2D eigenvalue weighted by Gasteiger charge is -2.28. The number of fused-ring (bicyclic) bond motifs is 1. The van der Waals surface area contributed by atoms with Crippen LogP contribution < -0.4 is 10.6 Å². The summed E-state index contributed by atoms with van der Waals surface area (Å²) < 4.78 is 2.69. The number of carbonyl (C=O) groups excluding carboxylic acids is 1. The van der Waals surface area contributed by atoms with E-state index in [1.54, 1.807) is 29.2 Å². The summed E-state index contributed by atoms with van der Waals surface area (Å²) in [6.07, 6.45) is 4.75. The second-order valence-corrected chi connectivity index (χ2v) is 6.76. The number of benzene rings is 1. The fourth-order valence-electron chi connectivity index (χ4n) is 2.97. The van der Waals surface area contributed by atoms with Crippen molar-refractivity contribution in [1.82, 2.24) is 19.7 Å². The molecule has 0 fully saturated rings. The third-order valence-corrected chi connectivity index (χ3v) is 4.67. The minimum atomic E-state index is -0.376. The molecule has 0 bridgehead atoms. The van der Waals surface area contributed by atoms with Gasteiger partial charge in [0.25, 0.3) is 5.91 Å². The van der Waals surface area contributed by atoms with Crippen molar-refractivity contribution in [2.24, 2.45) is 0 Å². The zero-order valence-electron chi connectivity index (χ0n) is 13.8. The number of amides is 1. The van der Waals surface area contributed by atoms with E-state index in [9.17, 15) is 4.79 Å². The van der Waals surface area contributed by atoms with Crippen molar-refractivity contribution in [2.75, 3.05) is 10.6 Å². The number of rotatable bonds is 3. The number of nitrogens with one attached hydrogen (secondary N) is 2. The predicted molar refractivity (Wildman–Crippen MR) is 101 cm³/mol. The highest BCUT2D eigenvalue weighted by atomic mass is 79.9. The predicted octanol–water partition coefficient (Wildman–Crippen LogP) is 3.36. The van der Waals surface area contributed by atoms with Gasteiger partial charge < -0.3 is 10.6 Å². The molecule has 0 saturated heterocycles. The van der Waals surface area contributed by atoms with E-state index in [-0.39, 0.29) is 11.9 Å². The SMILES string of the molecule is CC1=C(C(=O)Nc2cccnc2)[C@H](c2ccc(Br)cc2)n2ncnc2N1. The molecule has 3 heterocycles. The summed E-state index contributed by atoms with van der Waals surface area (Å²) in [5.74, 6) is 0.394. The second kappa shape index (κ2) is 6.72. The van der Waals surface area contributed by atoms with Gasteiger partial charge >= 0.3 is 0 Å². The largest absolute Gasteiger partial charge is 0.328 e. The molecule has 130 valence electrons. The second-order valence-electron chi connectivity index (χ2n) is 5.84. The molecule has 1 aromatic carbocycles. The smallest absolute Gasteiger partial charge is 0.255 e. The Hall–Kier alpha value is -3.00. The van der Waals surface area contributed by atoms with E-state index in [1.807, 2.05) is 31.2 Å². The minimum Gasteiger partial charge on any atom is -0.328 e. The number of anilines is 2. The van der Waals surface area contributed by atoms with Gasteiger partial charge in [0.05, 0.1) is 17.5 Å². The molecule has 1 aliphatic heterocycles. The molecule has 7 nitrogen and oxygen atoms in total. The number of carbonyl (C=O) groups is 1. The van der Waals surface area contributed by atoms with Crippen LogP contribution in [-0.4, -0.2) is 25.7 Å². The summed E-state index contributed by atoms with van der Waals surface area (Å²) in [5.41, 5.74) is 2.89. The molecular weight excluding hydrogens is 396 g/mol. The fraction of sp³-hybridized carbons (Fsp3) is 0.111. The highest BCUT2D eigenvalue weighted by Crippen LogP contribution is 2.35. The van der Waals surface area contributed by atoms with Crippen LogP contribution in [-0.2, 0) is 4.79 Å². The molecule has 4 rings (SSSR count). The molecule has 1 atom stereocenters. The van der Waals surface area contributed by atoms with Crippen LogP contribution in [0.5, 0.6) is 0 Å². The van der Waals surface area contributed by atoms with Crippen molar-refractivity contribution in [3.63, 3.8) is 0 Å². The minimum absolute atomic E-state index is 0.211. The lowest BCUT2D eigenvalue weighted by Crippen LogP contribution is -2.31. The first kappa shape index (κ1) is 16.5. The molecule has 0 aliphatic carbocycles. The molecule has 2 aromatic heterocycles. The van der Waals surface area contributed by atoms with Crippen molar-refractivity contribution in [3.05, 3.63) is 76.4 Å². The maximum atomic E-state index is 13.1. The van der Waals surface area contributed by atoms with E-state index < -0.39 is 0 Å². The molecule has 1 amide bonds. The Balaban J connectivity index is 1.77. The van der Waals surface area contributed by atoms with Crippen molar-refractivity contribution >= 4 is 33.5 Å². The van der Waals surface area contributed by atoms with Gasteiger partial charge in [0.15, 0.2) is 0 Å². The van der Waals surface area contributed by atoms with E-state index in [0.29, 0.717) is 17.2 Å². The molecule has 1 aliphatic rings. The molecule has 0 saturated carbocycles. The number of hydrogen-bond acceptors (Lipinski definition) is 5. The van der Waals surface area contributed by atoms with Crippen LogP contribution in [0.15, 0.2) is 70.9 Å². The third kappa shape index (κ3) is 2.99. The zero-order chi connectivity index (χ0) is 18.1. The summed E-state index contributed by atoms with van der Waals surface area (Å²) in [6.45, 7) is 1.86. The standard InChI is InChI=1S/C18H15BrN6O/c1-11-15(17(26)24-14-3-2-8-20-9-14)16(12-4-6-13(19)7-5-12)25-18(23-11)21-10-22-25/h2-10,16H,1H3,(H,24,26)(H,21,22,23)/t16-/m0/s1. The van der Waals surface area contributed by atoms with Gasteiger partial charge in [0.1, 0.15) is 12.4 Å². The Morgan fingerprint density at radius 1 is 1.27 bits per heavy atom. The Morgan fingerprint density at radius 2 is 2.08 bits per heavy atom. The van der Waals surface area contributed by atoms with Gasteiger partial charge in [-0.3, -0.25) is 9.78 Å². The highest BCUT2D eigenvalue weighted by Gasteiger charge is 2.33. The van der Waals surface area contributed by atoms with E-state index in [0.717, 1.165) is 15.7 Å². The average Bonchev–Trinajstić information content (AvgIpc) is 3.10. The van der Waals surface area contributed by atoms with Gasteiger partial charge in [0.2, 0.25) is 5.95 Å². The highest BCUT2D eigenvalue weighted by molar-refractivity contribution is 9.10. The van der Waals surface area contributed by atoms with E-state index in [1.165, 1.54) is 6.33 Å². The first-order chi connectivity index (χ1) is 12.6. The number of pyridine rings is 1. The monoisotopic (exact) mass is 410 g/mol. The molecule has 0 unspecified atom stereocenters. The summed E-state index contributed by atoms with van der Waals surface area (Å²) in [7, 11) is 0. The summed E-state index contributed by atoms with van der Waals surface area (Å²) >= 11 is 3.45. The molecule has 0 radical (unpaired) electrons. The zero-order valence-corrected chi connectivity index (χ0v) is 15.4. The first-order valence-corrected chi connectivity index (χ1v) is 8.77. The molecule has 26 heavy (non-hydrogen) atoms. The van der Waals surface area contributed by atoms with Crippen LogP contribution in [0.2, 0.25) is 0 Å². The number of halogens is 1. The topological polar surface area (TPSA) is 84.7 Å². The molecule has 8 heteroatoms. The van der Waals surface area contributed by atoms with E-state index >= 15 is 0 Å². The summed E-state index contributed by atoms with van der Waals surface area (Å²) in [4.78, 5) is 21.3. The Kier molecular flexibility index (Phi) is 4.26. The molecule has 2 N–H and O–H groups in total. The first-order valence-electron chi connectivity index (χ1n) is 7.97. The number of hydrogen-bond donors (Lipinski definition) is 2.